The molecule has 2 rings (SSSR count). The highest BCUT2D eigenvalue weighted by molar-refractivity contribution is 7.12. The molecule has 2 heterocycles. The van der Waals surface area contributed by atoms with Gasteiger partial charge in [-0.05, 0) is 25.1 Å². The second-order valence-electron chi connectivity index (χ2n) is 3.75. The van der Waals surface area contributed by atoms with E-state index in [9.17, 15) is 4.79 Å². The van der Waals surface area contributed by atoms with Crippen LogP contribution in [0.15, 0.2) is 24.5 Å². The van der Waals surface area contributed by atoms with Crippen LogP contribution < -0.4 is 5.32 Å². The molecular weight excluding hydrogens is 248 g/mol. The zero-order valence-corrected chi connectivity index (χ0v) is 10.8. The summed E-state index contributed by atoms with van der Waals surface area (Å²) in [6, 6.07) is 4.03. The number of carbonyl (C=O) groups excluding carboxylic acids is 1. The highest BCUT2D eigenvalue weighted by atomic mass is 32.1. The van der Waals surface area contributed by atoms with Gasteiger partial charge in [-0.25, -0.2) is 4.98 Å². The molecule has 0 aliphatic heterocycles. The van der Waals surface area contributed by atoms with Crippen LogP contribution in [-0.2, 0) is 11.2 Å². The van der Waals surface area contributed by atoms with E-state index in [4.69, 9.17) is 0 Å². The standard InChI is InChI=1S/C12H14N4OS/c1-9-2-3-10(18-9)4-5-12(17)13-7-6-11-14-8-15-16-11/h2-5,8H,6-7H2,1H3,(H,13,17)(H,14,15,16). The van der Waals surface area contributed by atoms with E-state index in [1.165, 1.54) is 11.2 Å². The Morgan fingerprint density at radius 1 is 1.56 bits per heavy atom. The average molecular weight is 262 g/mol. The maximum Gasteiger partial charge on any atom is 0.244 e. The minimum Gasteiger partial charge on any atom is -0.352 e. The predicted molar refractivity (Wildman–Crippen MR) is 71.2 cm³/mol. The molecule has 0 bridgehead atoms. The summed E-state index contributed by atoms with van der Waals surface area (Å²) in [5.74, 6) is 0.675. The monoisotopic (exact) mass is 262 g/mol. The molecule has 2 N–H and O–H groups in total. The van der Waals surface area contributed by atoms with Crippen LogP contribution in [0.25, 0.3) is 6.08 Å². The number of nitrogens with zero attached hydrogens (tertiary/aromatic N) is 2. The van der Waals surface area contributed by atoms with Crippen molar-refractivity contribution in [3.05, 3.63) is 40.1 Å². The Morgan fingerprint density at radius 2 is 2.44 bits per heavy atom. The quantitative estimate of drug-likeness (QED) is 0.803. The number of aryl methyl sites for hydroxylation is 1. The van der Waals surface area contributed by atoms with Crippen LogP contribution in [0, 0.1) is 6.92 Å². The number of carbonyl (C=O) groups is 1. The summed E-state index contributed by atoms with van der Waals surface area (Å²) in [5.41, 5.74) is 0. The van der Waals surface area contributed by atoms with Gasteiger partial charge in [0.2, 0.25) is 5.91 Å². The lowest BCUT2D eigenvalue weighted by Crippen LogP contribution is -2.23. The van der Waals surface area contributed by atoms with Crippen molar-refractivity contribution in [1.82, 2.24) is 20.5 Å². The first-order valence-electron chi connectivity index (χ1n) is 5.60. The lowest BCUT2D eigenvalue weighted by Gasteiger charge is -1.98. The summed E-state index contributed by atoms with van der Waals surface area (Å²) < 4.78 is 0. The second kappa shape index (κ2) is 6.11. The zero-order valence-electron chi connectivity index (χ0n) is 10.0. The van der Waals surface area contributed by atoms with Gasteiger partial charge in [0, 0.05) is 28.8 Å². The van der Waals surface area contributed by atoms with E-state index in [1.807, 2.05) is 25.1 Å². The SMILES string of the molecule is Cc1ccc(C=CC(=O)NCCc2ncn[nH]2)s1. The number of aromatic nitrogens is 3. The van der Waals surface area contributed by atoms with Crippen molar-refractivity contribution in [3.8, 4) is 0 Å². The van der Waals surface area contributed by atoms with E-state index in [0.717, 1.165) is 10.7 Å². The molecule has 0 fully saturated rings. The molecule has 94 valence electrons. The van der Waals surface area contributed by atoms with Gasteiger partial charge in [-0.2, -0.15) is 5.10 Å². The minimum absolute atomic E-state index is 0.0967. The van der Waals surface area contributed by atoms with Crippen molar-refractivity contribution in [2.24, 2.45) is 0 Å². The zero-order chi connectivity index (χ0) is 12.8. The van der Waals surface area contributed by atoms with Crippen LogP contribution in [0.2, 0.25) is 0 Å². The topological polar surface area (TPSA) is 70.7 Å². The molecule has 0 aromatic carbocycles. The maximum atomic E-state index is 11.5. The van der Waals surface area contributed by atoms with Gasteiger partial charge in [-0.15, -0.1) is 11.3 Å². The van der Waals surface area contributed by atoms with Crippen LogP contribution in [0.4, 0.5) is 0 Å². The molecule has 0 spiro atoms. The van der Waals surface area contributed by atoms with Gasteiger partial charge in [0.05, 0.1) is 0 Å². The largest absolute Gasteiger partial charge is 0.352 e. The molecule has 0 aliphatic rings. The van der Waals surface area contributed by atoms with E-state index < -0.39 is 0 Å². The first-order valence-corrected chi connectivity index (χ1v) is 6.42. The smallest absolute Gasteiger partial charge is 0.244 e. The molecule has 5 nitrogen and oxygen atoms in total. The fourth-order valence-electron chi connectivity index (χ4n) is 1.42. The summed E-state index contributed by atoms with van der Waals surface area (Å²) in [4.78, 5) is 17.8. The second-order valence-corrected chi connectivity index (χ2v) is 5.07. The van der Waals surface area contributed by atoms with Gasteiger partial charge in [0.25, 0.3) is 0 Å². The highest BCUT2D eigenvalue weighted by Gasteiger charge is 1.98. The number of nitrogens with one attached hydrogen (secondary N) is 2. The first kappa shape index (κ1) is 12.5. The molecule has 2 aromatic rings. The number of hydrogen-bond donors (Lipinski definition) is 2. The van der Waals surface area contributed by atoms with Crippen LogP contribution in [0.5, 0.6) is 0 Å². The van der Waals surface area contributed by atoms with Crippen molar-refractivity contribution in [2.75, 3.05) is 6.54 Å². The van der Waals surface area contributed by atoms with Crippen LogP contribution in [0.1, 0.15) is 15.6 Å². The molecule has 0 unspecified atom stereocenters. The fraction of sp³-hybridized carbons (Fsp3) is 0.250. The van der Waals surface area contributed by atoms with E-state index in [0.29, 0.717) is 13.0 Å². The Bertz CT molecular complexity index is 530. The summed E-state index contributed by atoms with van der Waals surface area (Å²) >= 11 is 1.66. The third-order valence-electron chi connectivity index (χ3n) is 2.29. The molecule has 2 aromatic heterocycles. The first-order chi connectivity index (χ1) is 8.74. The normalized spacial score (nSPS) is 10.9. The number of hydrogen-bond acceptors (Lipinski definition) is 4. The maximum absolute atomic E-state index is 11.5. The third-order valence-corrected chi connectivity index (χ3v) is 3.25. The predicted octanol–water partition coefficient (Wildman–Crippen LogP) is 1.55. The van der Waals surface area contributed by atoms with Gasteiger partial charge in [0.1, 0.15) is 12.2 Å². The molecule has 18 heavy (non-hydrogen) atoms. The third kappa shape index (κ3) is 3.81. The Hall–Kier alpha value is -1.95. The molecule has 1 amide bonds. The lowest BCUT2D eigenvalue weighted by atomic mass is 10.3. The summed E-state index contributed by atoms with van der Waals surface area (Å²) in [7, 11) is 0. The summed E-state index contributed by atoms with van der Waals surface area (Å²) in [6.45, 7) is 2.58. The van der Waals surface area contributed by atoms with Crippen LogP contribution >= 0.6 is 11.3 Å². The van der Waals surface area contributed by atoms with E-state index in [2.05, 4.69) is 20.5 Å². The summed E-state index contributed by atoms with van der Waals surface area (Å²) in [6.07, 6.45) is 5.47. The van der Waals surface area contributed by atoms with Crippen molar-refractivity contribution in [3.63, 3.8) is 0 Å². The Labute approximate surface area is 109 Å². The van der Waals surface area contributed by atoms with Gasteiger partial charge >= 0.3 is 0 Å². The Kier molecular flexibility index (Phi) is 4.25. The van der Waals surface area contributed by atoms with Crippen molar-refractivity contribution < 1.29 is 4.79 Å². The van der Waals surface area contributed by atoms with Gasteiger partial charge in [-0.1, -0.05) is 0 Å². The molecular formula is C12H14N4OS. The van der Waals surface area contributed by atoms with Gasteiger partial charge < -0.3 is 5.32 Å². The highest BCUT2D eigenvalue weighted by Crippen LogP contribution is 2.16. The molecule has 0 saturated heterocycles. The van der Waals surface area contributed by atoms with E-state index in [-0.39, 0.29) is 5.91 Å². The fourth-order valence-corrected chi connectivity index (χ4v) is 2.20. The van der Waals surface area contributed by atoms with Crippen molar-refractivity contribution in [1.29, 1.82) is 0 Å². The molecule has 6 heteroatoms. The van der Waals surface area contributed by atoms with Crippen molar-refractivity contribution in [2.45, 2.75) is 13.3 Å². The number of amides is 1. The van der Waals surface area contributed by atoms with Crippen LogP contribution in [0.3, 0.4) is 0 Å². The molecule has 0 aliphatic carbocycles. The lowest BCUT2D eigenvalue weighted by molar-refractivity contribution is -0.116. The Morgan fingerprint density at radius 3 is 3.11 bits per heavy atom. The van der Waals surface area contributed by atoms with Gasteiger partial charge in [-0.3, -0.25) is 9.89 Å². The average Bonchev–Trinajstić information content (AvgIpc) is 2.98. The minimum atomic E-state index is -0.0967. The Balaban J connectivity index is 1.73. The number of rotatable bonds is 5. The number of aromatic amines is 1. The van der Waals surface area contributed by atoms with E-state index in [1.54, 1.807) is 17.4 Å². The van der Waals surface area contributed by atoms with Gasteiger partial charge in [0.15, 0.2) is 0 Å². The number of H-pyrrole nitrogens is 1. The molecule has 0 atom stereocenters. The molecule has 0 radical (unpaired) electrons. The van der Waals surface area contributed by atoms with Crippen molar-refractivity contribution >= 4 is 23.3 Å². The summed E-state index contributed by atoms with van der Waals surface area (Å²) in [5, 5.41) is 9.27. The molecule has 0 saturated carbocycles. The number of thiophene rings is 1. The van der Waals surface area contributed by atoms with Crippen LogP contribution in [-0.4, -0.2) is 27.6 Å². The van der Waals surface area contributed by atoms with E-state index >= 15 is 0 Å².